The van der Waals surface area contributed by atoms with Gasteiger partial charge in [-0.25, -0.2) is 9.18 Å². The minimum Gasteiger partial charge on any atom is -0.487 e. The number of rotatable bonds is 30. The molecule has 2 aliphatic rings. The van der Waals surface area contributed by atoms with E-state index in [-0.39, 0.29) is 68.6 Å². The maximum atomic E-state index is 15.8. The lowest BCUT2D eigenvalue weighted by Gasteiger charge is -2.40. The van der Waals surface area contributed by atoms with Gasteiger partial charge >= 0.3 is 6.09 Å². The number of hydrogen-bond acceptors (Lipinski definition) is 14. The maximum absolute atomic E-state index is 15.8. The Kier molecular flexibility index (Phi) is 21.1. The highest BCUT2D eigenvalue weighted by Gasteiger charge is 2.30. The lowest BCUT2D eigenvalue weighted by Crippen LogP contribution is -2.48. The van der Waals surface area contributed by atoms with Gasteiger partial charge in [0, 0.05) is 91.8 Å². The van der Waals surface area contributed by atoms with Crippen LogP contribution in [0.5, 0.6) is 5.75 Å². The molecule has 3 aromatic heterocycles. The third-order valence-corrected chi connectivity index (χ3v) is 12.1. The Morgan fingerprint density at radius 2 is 1.58 bits per heavy atom. The Morgan fingerprint density at radius 1 is 0.847 bits per heavy atom. The number of nitrogens with one attached hydrogen (secondary N) is 2. The zero-order chi connectivity index (χ0) is 50.3. The number of aryl methyl sites for hydroxylation is 1. The number of fused-ring (bicyclic) bond motifs is 1. The summed E-state index contributed by atoms with van der Waals surface area (Å²) >= 11 is 0. The average molecular weight is 992 g/mol. The lowest BCUT2D eigenvalue weighted by atomic mass is 10.0. The molecule has 72 heavy (non-hydrogen) atoms. The average Bonchev–Trinajstić information content (AvgIpc) is 4.24. The molecule has 18 heteroatoms. The van der Waals surface area contributed by atoms with Crippen LogP contribution < -0.4 is 25.7 Å². The van der Waals surface area contributed by atoms with Crippen LogP contribution in [0.3, 0.4) is 0 Å². The molecule has 1 aliphatic carbocycles. The number of terminal acetylenes is 1. The summed E-state index contributed by atoms with van der Waals surface area (Å²) in [7, 11) is 0. The lowest BCUT2D eigenvalue weighted by molar-refractivity contribution is -0.117. The second-order valence-corrected chi connectivity index (χ2v) is 17.6. The third kappa shape index (κ3) is 17.1. The molecule has 5 aromatic rings. The first-order valence-corrected chi connectivity index (χ1v) is 24.7. The van der Waals surface area contributed by atoms with Gasteiger partial charge in [-0.15, -0.1) is 6.42 Å². The van der Waals surface area contributed by atoms with Gasteiger partial charge < -0.3 is 53.3 Å². The number of ether oxygens (including phenoxy) is 7. The van der Waals surface area contributed by atoms with Gasteiger partial charge in [0.2, 0.25) is 5.91 Å². The quantitative estimate of drug-likeness (QED) is 0.0372. The zero-order valence-electron chi connectivity index (χ0n) is 41.1. The van der Waals surface area contributed by atoms with Crippen molar-refractivity contribution in [3.05, 3.63) is 124 Å². The number of carbonyl (C=O) groups is 2. The summed E-state index contributed by atoms with van der Waals surface area (Å²) in [6.07, 6.45) is 15.9. The van der Waals surface area contributed by atoms with Crippen LogP contribution in [0.4, 0.5) is 20.6 Å². The molecule has 17 nitrogen and oxygen atoms in total. The molecule has 1 aliphatic heterocycles. The van der Waals surface area contributed by atoms with Crippen molar-refractivity contribution in [2.75, 3.05) is 103 Å². The SMILES string of the molecule is C#CCOCCOCCOCCOCCOCCC(=O)Nc1ccc(CNC(=O)OCCOc2cc3c(cc2F)c(=O)c(CN(Cc2ccnc(C)c2)[C@H]2CCCN(c4cccnc4)C2)cn3C2CC2)cc1. The smallest absolute Gasteiger partial charge is 0.407 e. The normalized spacial score (nSPS) is 14.6. The summed E-state index contributed by atoms with van der Waals surface area (Å²) in [6, 6.07) is 18.4. The molecule has 1 saturated carbocycles. The van der Waals surface area contributed by atoms with E-state index in [1.165, 1.54) is 6.07 Å². The van der Waals surface area contributed by atoms with Crippen LogP contribution >= 0.6 is 0 Å². The minimum atomic E-state index is -0.671. The Bertz CT molecular complexity index is 2590. The Hall–Kier alpha value is -6.46. The van der Waals surface area contributed by atoms with Crippen molar-refractivity contribution in [1.29, 1.82) is 0 Å². The van der Waals surface area contributed by atoms with E-state index in [4.69, 9.17) is 39.6 Å². The van der Waals surface area contributed by atoms with Crippen LogP contribution in [0.2, 0.25) is 0 Å². The molecule has 2 N–H and O–H groups in total. The molecule has 4 heterocycles. The van der Waals surface area contributed by atoms with Crippen molar-refractivity contribution in [3.8, 4) is 18.1 Å². The van der Waals surface area contributed by atoms with E-state index in [2.05, 4.69) is 53.0 Å². The molecule has 384 valence electrons. The van der Waals surface area contributed by atoms with E-state index in [1.54, 1.807) is 36.5 Å². The molecule has 2 aromatic carbocycles. The van der Waals surface area contributed by atoms with Crippen LogP contribution in [0.15, 0.2) is 90.2 Å². The highest BCUT2D eigenvalue weighted by Crippen LogP contribution is 2.38. The summed E-state index contributed by atoms with van der Waals surface area (Å²) in [4.78, 5) is 52.7. The van der Waals surface area contributed by atoms with Gasteiger partial charge in [0.25, 0.3) is 0 Å². The number of alkyl carbamates (subject to hydrolysis) is 1. The number of hydrogen-bond donors (Lipinski definition) is 2. The second-order valence-electron chi connectivity index (χ2n) is 17.6. The predicted octanol–water partition coefficient (Wildman–Crippen LogP) is 6.60. The molecule has 7 rings (SSSR count). The fraction of sp³-hybridized carbons (Fsp3) is 0.463. The molecule has 0 unspecified atom stereocenters. The summed E-state index contributed by atoms with van der Waals surface area (Å²) in [5.41, 5.74) is 5.52. The number of benzene rings is 2. The van der Waals surface area contributed by atoms with Gasteiger partial charge in [0.05, 0.1) is 83.3 Å². The number of aromatic nitrogens is 3. The summed E-state index contributed by atoms with van der Waals surface area (Å²) < 4.78 is 55.9. The van der Waals surface area contributed by atoms with Gasteiger partial charge in [0.1, 0.15) is 19.8 Å². The molecule has 2 fully saturated rings. The molecule has 0 bridgehead atoms. The Balaban J connectivity index is 0.822. The van der Waals surface area contributed by atoms with E-state index in [0.29, 0.717) is 88.1 Å². The number of halogens is 1. The minimum absolute atomic E-state index is 0.0262. The van der Waals surface area contributed by atoms with Crippen molar-refractivity contribution < 1.29 is 47.1 Å². The topological polar surface area (TPSA) is 177 Å². The van der Waals surface area contributed by atoms with Crippen LogP contribution in [0.1, 0.15) is 60.5 Å². The summed E-state index contributed by atoms with van der Waals surface area (Å²) in [6.45, 7) is 8.60. The first-order valence-electron chi connectivity index (χ1n) is 24.7. The highest BCUT2D eigenvalue weighted by molar-refractivity contribution is 5.90. The van der Waals surface area contributed by atoms with Gasteiger partial charge in [-0.2, -0.15) is 0 Å². The number of piperidine rings is 1. The number of anilines is 2. The summed E-state index contributed by atoms with van der Waals surface area (Å²) in [5.74, 6) is 1.50. The van der Waals surface area contributed by atoms with Gasteiger partial charge in [-0.1, -0.05) is 18.1 Å². The number of amides is 2. The predicted molar refractivity (Wildman–Crippen MR) is 270 cm³/mol. The highest BCUT2D eigenvalue weighted by atomic mass is 19.1. The fourth-order valence-corrected chi connectivity index (χ4v) is 8.40. The molecule has 1 saturated heterocycles. The van der Waals surface area contributed by atoms with Crippen molar-refractivity contribution >= 4 is 34.3 Å². The molecule has 1 atom stereocenters. The van der Waals surface area contributed by atoms with Crippen molar-refractivity contribution in [3.63, 3.8) is 0 Å². The zero-order valence-corrected chi connectivity index (χ0v) is 41.1. The Labute approximate surface area is 420 Å². The van der Waals surface area contributed by atoms with Crippen molar-refractivity contribution in [2.45, 2.75) is 70.7 Å². The monoisotopic (exact) mass is 991 g/mol. The van der Waals surface area contributed by atoms with E-state index in [0.717, 1.165) is 61.3 Å². The van der Waals surface area contributed by atoms with Crippen molar-refractivity contribution in [2.24, 2.45) is 0 Å². The van der Waals surface area contributed by atoms with Gasteiger partial charge in [-0.3, -0.25) is 24.5 Å². The largest absolute Gasteiger partial charge is 0.487 e. The molecular weight excluding hydrogens is 926 g/mol. The van der Waals surface area contributed by atoms with Crippen LogP contribution in [-0.4, -0.2) is 130 Å². The van der Waals surface area contributed by atoms with Crippen LogP contribution in [0.25, 0.3) is 10.9 Å². The molecule has 0 radical (unpaired) electrons. The number of pyridine rings is 3. The van der Waals surface area contributed by atoms with E-state index in [9.17, 15) is 14.4 Å². The first-order chi connectivity index (χ1) is 35.2. The third-order valence-electron chi connectivity index (χ3n) is 12.1. The van der Waals surface area contributed by atoms with E-state index in [1.807, 2.05) is 37.6 Å². The number of carbonyl (C=O) groups excluding carboxylic acids is 2. The summed E-state index contributed by atoms with van der Waals surface area (Å²) in [5, 5.41) is 5.82. The molecule has 2 amide bonds. The second kappa shape index (κ2) is 28.5. The van der Waals surface area contributed by atoms with E-state index >= 15 is 4.39 Å². The maximum Gasteiger partial charge on any atom is 0.407 e. The van der Waals surface area contributed by atoms with Crippen LogP contribution in [0, 0.1) is 25.1 Å². The van der Waals surface area contributed by atoms with Gasteiger partial charge in [0.15, 0.2) is 17.0 Å². The van der Waals surface area contributed by atoms with Crippen LogP contribution in [-0.2, 0) is 52.8 Å². The number of nitrogens with zero attached hydrogens (tertiary/aromatic N) is 5. The van der Waals surface area contributed by atoms with E-state index < -0.39 is 11.9 Å². The van der Waals surface area contributed by atoms with Crippen molar-refractivity contribution in [1.82, 2.24) is 24.8 Å². The van der Waals surface area contributed by atoms with Gasteiger partial charge in [-0.05, 0) is 86.2 Å². The molecule has 0 spiro atoms. The standard InChI is InChI=1S/C54H66FN7O10/c1-3-19-66-21-23-68-25-27-70-28-26-69-24-22-67-20-15-52(63)59-44-10-8-41(9-11-44)34-58-54(65)72-30-29-71-51-33-50-48(32-49(51)55)53(64)43(38-62(50)45-12-13-45)37-61(36-42-14-17-57-40(2)31-42)47-7-5-18-60(39-47)46-6-4-16-56-35-46/h1,4,6,8-11,14,16-17,31-33,35,38,45,47H,5,7,12-13,15,18-30,34,36-37,39H2,2H3,(H,58,65)(H,59,63)/t47-/m0/s1. The fourth-order valence-electron chi connectivity index (χ4n) is 8.40. The molecular formula is C54H66FN7O10. The Morgan fingerprint density at radius 3 is 2.28 bits per heavy atom. The first kappa shape index (κ1) is 53.3.